The van der Waals surface area contributed by atoms with E-state index >= 15 is 0 Å². The van der Waals surface area contributed by atoms with E-state index in [2.05, 4.69) is 24.1 Å². The van der Waals surface area contributed by atoms with Crippen LogP contribution < -0.4 is 5.32 Å². The van der Waals surface area contributed by atoms with Gasteiger partial charge in [-0.05, 0) is 31.1 Å². The summed E-state index contributed by atoms with van der Waals surface area (Å²) in [7, 11) is 0. The Hall–Kier alpha value is -1.65. The first-order chi connectivity index (χ1) is 8.46. The van der Waals surface area contributed by atoms with E-state index in [1.807, 2.05) is 0 Å². The lowest BCUT2D eigenvalue weighted by Gasteiger charge is -2.34. The summed E-state index contributed by atoms with van der Waals surface area (Å²) in [5.74, 6) is 0.605. The topological polar surface area (TPSA) is 68.1 Å². The molecule has 1 heterocycles. The normalized spacial score (nSPS) is 19.4. The first-order valence-electron chi connectivity index (χ1n) is 6.33. The second-order valence-corrected chi connectivity index (χ2v) is 5.74. The molecule has 0 spiro atoms. The molecule has 18 heavy (non-hydrogen) atoms. The van der Waals surface area contributed by atoms with Crippen molar-refractivity contribution < 1.29 is 4.92 Å². The molecule has 1 fully saturated rings. The van der Waals surface area contributed by atoms with Gasteiger partial charge in [-0.1, -0.05) is 13.8 Å². The molecule has 0 bridgehead atoms. The second-order valence-electron chi connectivity index (χ2n) is 5.74. The van der Waals surface area contributed by atoms with Crippen LogP contribution in [0.2, 0.25) is 0 Å². The van der Waals surface area contributed by atoms with E-state index in [9.17, 15) is 10.1 Å². The fraction of sp³-hybridized carbons (Fsp3) is 0.615. The molecule has 1 aliphatic carbocycles. The molecule has 1 N–H and O–H groups in total. The Balaban J connectivity index is 1.98. The van der Waals surface area contributed by atoms with E-state index < -0.39 is 4.92 Å². The van der Waals surface area contributed by atoms with Crippen LogP contribution >= 0.6 is 0 Å². The van der Waals surface area contributed by atoms with Gasteiger partial charge in [0.1, 0.15) is 5.82 Å². The van der Waals surface area contributed by atoms with Crippen molar-refractivity contribution in [1.29, 1.82) is 0 Å². The van der Waals surface area contributed by atoms with Crippen molar-refractivity contribution in [2.45, 2.75) is 45.6 Å². The maximum Gasteiger partial charge on any atom is 0.274 e. The number of hydrogen-bond acceptors (Lipinski definition) is 4. The highest BCUT2D eigenvalue weighted by Crippen LogP contribution is 2.36. The standard InChI is InChI=1S/C13H19N3O2/c1-13(2)6-3-10(4-7-13)15-12-9-11(16(17)18)5-8-14-12/h5,8-10H,3-4,6-7H2,1-2H3,(H,14,15). The van der Waals surface area contributed by atoms with Gasteiger partial charge in [0.25, 0.3) is 5.69 Å². The highest BCUT2D eigenvalue weighted by Gasteiger charge is 2.26. The monoisotopic (exact) mass is 249 g/mol. The summed E-state index contributed by atoms with van der Waals surface area (Å²) >= 11 is 0. The van der Waals surface area contributed by atoms with Crippen molar-refractivity contribution in [2.24, 2.45) is 5.41 Å². The molecule has 1 aliphatic rings. The minimum absolute atomic E-state index is 0.0867. The summed E-state index contributed by atoms with van der Waals surface area (Å²) < 4.78 is 0. The largest absolute Gasteiger partial charge is 0.367 e. The smallest absolute Gasteiger partial charge is 0.274 e. The summed E-state index contributed by atoms with van der Waals surface area (Å²) in [5, 5.41) is 14.0. The molecule has 1 saturated carbocycles. The van der Waals surface area contributed by atoms with Gasteiger partial charge in [0.05, 0.1) is 11.0 Å². The van der Waals surface area contributed by atoms with Gasteiger partial charge in [-0.25, -0.2) is 4.98 Å². The van der Waals surface area contributed by atoms with E-state index in [0.717, 1.165) is 12.8 Å². The van der Waals surface area contributed by atoms with Crippen molar-refractivity contribution >= 4 is 11.5 Å². The third kappa shape index (κ3) is 3.18. The molecule has 0 aromatic carbocycles. The third-order valence-corrected chi connectivity index (χ3v) is 3.65. The highest BCUT2D eigenvalue weighted by atomic mass is 16.6. The molecule has 1 aromatic rings. The average molecular weight is 249 g/mol. The first kappa shape index (κ1) is 12.8. The summed E-state index contributed by atoms with van der Waals surface area (Å²) in [6, 6.07) is 3.29. The number of rotatable bonds is 3. The maximum atomic E-state index is 10.7. The van der Waals surface area contributed by atoms with Crippen LogP contribution in [0.5, 0.6) is 0 Å². The maximum absolute atomic E-state index is 10.7. The Bertz CT molecular complexity index is 436. The number of aromatic nitrogens is 1. The lowest BCUT2D eigenvalue weighted by Crippen LogP contribution is -2.30. The molecule has 2 rings (SSSR count). The number of nitrogens with one attached hydrogen (secondary N) is 1. The number of pyridine rings is 1. The Labute approximate surface area is 107 Å². The van der Waals surface area contributed by atoms with Crippen molar-refractivity contribution in [3.63, 3.8) is 0 Å². The number of nitrogens with zero attached hydrogens (tertiary/aromatic N) is 2. The van der Waals surface area contributed by atoms with E-state index in [1.165, 1.54) is 31.2 Å². The van der Waals surface area contributed by atoms with Crippen LogP contribution in [0.25, 0.3) is 0 Å². The van der Waals surface area contributed by atoms with Gasteiger partial charge in [0.15, 0.2) is 0 Å². The third-order valence-electron chi connectivity index (χ3n) is 3.65. The van der Waals surface area contributed by atoms with Gasteiger partial charge < -0.3 is 5.32 Å². The fourth-order valence-electron chi connectivity index (χ4n) is 2.36. The van der Waals surface area contributed by atoms with Crippen molar-refractivity contribution in [3.05, 3.63) is 28.4 Å². The summed E-state index contributed by atoms with van der Waals surface area (Å²) in [5.41, 5.74) is 0.512. The van der Waals surface area contributed by atoms with Crippen molar-refractivity contribution in [3.8, 4) is 0 Å². The van der Waals surface area contributed by atoms with E-state index in [4.69, 9.17) is 0 Å². The fourth-order valence-corrected chi connectivity index (χ4v) is 2.36. The zero-order chi connectivity index (χ0) is 13.2. The Morgan fingerprint density at radius 2 is 2.11 bits per heavy atom. The summed E-state index contributed by atoms with van der Waals surface area (Å²) in [6.07, 6.45) is 6.03. The lowest BCUT2D eigenvalue weighted by atomic mass is 9.75. The van der Waals surface area contributed by atoms with Gasteiger partial charge in [-0.3, -0.25) is 10.1 Å². The van der Waals surface area contributed by atoms with Crippen molar-refractivity contribution in [1.82, 2.24) is 4.98 Å². The van der Waals surface area contributed by atoms with Gasteiger partial charge in [0, 0.05) is 18.3 Å². The van der Waals surface area contributed by atoms with Gasteiger partial charge in [0.2, 0.25) is 0 Å². The number of nitro groups is 1. The average Bonchev–Trinajstić information content (AvgIpc) is 2.32. The molecular formula is C13H19N3O2. The Morgan fingerprint density at radius 1 is 1.44 bits per heavy atom. The predicted molar refractivity (Wildman–Crippen MR) is 70.6 cm³/mol. The van der Waals surface area contributed by atoms with Crippen LogP contribution in [-0.2, 0) is 0 Å². The quantitative estimate of drug-likeness (QED) is 0.658. The lowest BCUT2D eigenvalue weighted by molar-refractivity contribution is -0.384. The van der Waals surface area contributed by atoms with Gasteiger partial charge in [-0.15, -0.1) is 0 Å². The minimum atomic E-state index is -0.392. The molecule has 98 valence electrons. The molecule has 5 nitrogen and oxygen atoms in total. The first-order valence-corrected chi connectivity index (χ1v) is 6.33. The molecule has 0 unspecified atom stereocenters. The minimum Gasteiger partial charge on any atom is -0.367 e. The zero-order valence-corrected chi connectivity index (χ0v) is 10.8. The molecular weight excluding hydrogens is 230 g/mol. The summed E-state index contributed by atoms with van der Waals surface area (Å²) in [6.45, 7) is 4.57. The van der Waals surface area contributed by atoms with Crippen LogP contribution in [0, 0.1) is 15.5 Å². The molecule has 5 heteroatoms. The van der Waals surface area contributed by atoms with Crippen LogP contribution in [0.1, 0.15) is 39.5 Å². The van der Waals surface area contributed by atoms with E-state index in [0.29, 0.717) is 17.3 Å². The van der Waals surface area contributed by atoms with Crippen LogP contribution in [0.3, 0.4) is 0 Å². The Kier molecular flexibility index (Phi) is 3.50. The molecule has 0 amide bonds. The van der Waals surface area contributed by atoms with Gasteiger partial charge >= 0.3 is 0 Å². The molecule has 0 aliphatic heterocycles. The SMILES string of the molecule is CC1(C)CCC(Nc2cc([N+](=O)[O-])ccn2)CC1. The number of hydrogen-bond donors (Lipinski definition) is 1. The van der Waals surface area contributed by atoms with Crippen molar-refractivity contribution in [2.75, 3.05) is 5.32 Å². The predicted octanol–water partition coefficient (Wildman–Crippen LogP) is 3.37. The zero-order valence-electron chi connectivity index (χ0n) is 10.8. The van der Waals surface area contributed by atoms with Gasteiger partial charge in [-0.2, -0.15) is 0 Å². The number of anilines is 1. The molecule has 0 saturated heterocycles. The van der Waals surface area contributed by atoms with Crippen LogP contribution in [0.15, 0.2) is 18.3 Å². The van der Waals surface area contributed by atoms with E-state index in [-0.39, 0.29) is 5.69 Å². The van der Waals surface area contributed by atoms with Crippen LogP contribution in [0.4, 0.5) is 11.5 Å². The molecule has 0 atom stereocenters. The second kappa shape index (κ2) is 4.92. The Morgan fingerprint density at radius 3 is 2.72 bits per heavy atom. The highest BCUT2D eigenvalue weighted by molar-refractivity contribution is 5.44. The van der Waals surface area contributed by atoms with Crippen LogP contribution in [-0.4, -0.2) is 15.9 Å². The molecule has 1 aromatic heterocycles. The summed E-state index contributed by atoms with van der Waals surface area (Å²) in [4.78, 5) is 14.4. The molecule has 0 radical (unpaired) electrons. The van der Waals surface area contributed by atoms with E-state index in [1.54, 1.807) is 0 Å².